The molecule has 1 aromatic rings. The Kier molecular flexibility index (Phi) is 6.34. The lowest BCUT2D eigenvalue weighted by Gasteiger charge is -2.29. The number of amides is 1. The molecule has 25 heavy (non-hydrogen) atoms. The number of ether oxygens (including phenoxy) is 2. The van der Waals surface area contributed by atoms with Crippen molar-refractivity contribution >= 4 is 17.5 Å². The number of nitrogens with one attached hydrogen (secondary N) is 1. The lowest BCUT2D eigenvalue weighted by molar-refractivity contribution is -0.146. The van der Waals surface area contributed by atoms with Gasteiger partial charge in [0.15, 0.2) is 5.76 Å². The van der Waals surface area contributed by atoms with Gasteiger partial charge in [0.1, 0.15) is 0 Å². The normalized spacial score (nSPS) is 22.9. The molecule has 1 aliphatic heterocycles. The van der Waals surface area contributed by atoms with E-state index in [1.165, 1.54) is 0 Å². The van der Waals surface area contributed by atoms with E-state index in [9.17, 15) is 4.79 Å². The first-order valence-electron chi connectivity index (χ1n) is 8.83. The van der Waals surface area contributed by atoms with Gasteiger partial charge in [0.2, 0.25) is 6.29 Å². The van der Waals surface area contributed by atoms with Crippen molar-refractivity contribution in [3.63, 3.8) is 0 Å². The second kappa shape index (κ2) is 8.70. The zero-order chi connectivity index (χ0) is 17.6. The standard InChI is InChI=1S/C19H24ClNO4/c20-15-5-3-13(4-6-15)14-11-17(19(23)21-16-7-8-16)25-18(12-14)24-10-2-1-9-22/h3-6,11,14,16,18,22H,1-2,7-10,12H2,(H,21,23)/t14-,18+/m0/s1. The van der Waals surface area contributed by atoms with Gasteiger partial charge in [-0.15, -0.1) is 0 Å². The fourth-order valence-electron chi connectivity index (χ4n) is 2.77. The highest BCUT2D eigenvalue weighted by Gasteiger charge is 2.31. The monoisotopic (exact) mass is 365 g/mol. The molecule has 6 heteroatoms. The van der Waals surface area contributed by atoms with E-state index in [0.29, 0.717) is 30.2 Å². The summed E-state index contributed by atoms with van der Waals surface area (Å²) in [5.41, 5.74) is 1.08. The number of hydrogen-bond acceptors (Lipinski definition) is 4. The van der Waals surface area contributed by atoms with Crippen molar-refractivity contribution in [3.8, 4) is 0 Å². The maximum atomic E-state index is 12.4. The highest BCUT2D eigenvalue weighted by molar-refractivity contribution is 6.30. The molecule has 1 amide bonds. The third-order valence-corrected chi connectivity index (χ3v) is 4.60. The summed E-state index contributed by atoms with van der Waals surface area (Å²) in [4.78, 5) is 12.4. The molecule has 0 aromatic heterocycles. The van der Waals surface area contributed by atoms with Crippen molar-refractivity contribution in [3.05, 3.63) is 46.7 Å². The lowest BCUT2D eigenvalue weighted by atomic mass is 9.93. The first kappa shape index (κ1) is 18.2. The summed E-state index contributed by atoms with van der Waals surface area (Å²) in [7, 11) is 0. The second-order valence-corrected chi connectivity index (χ2v) is 6.96. The van der Waals surface area contributed by atoms with Crippen LogP contribution in [0.1, 0.15) is 43.6 Å². The summed E-state index contributed by atoms with van der Waals surface area (Å²) in [6, 6.07) is 7.90. The number of carbonyl (C=O) groups is 1. The molecule has 1 saturated carbocycles. The van der Waals surface area contributed by atoms with Gasteiger partial charge in [0.05, 0.1) is 6.61 Å². The van der Waals surface area contributed by atoms with Crippen LogP contribution in [0.25, 0.3) is 0 Å². The predicted molar refractivity (Wildman–Crippen MR) is 95.2 cm³/mol. The average Bonchev–Trinajstić information content (AvgIpc) is 3.43. The molecule has 2 atom stereocenters. The third-order valence-electron chi connectivity index (χ3n) is 4.35. The van der Waals surface area contributed by atoms with E-state index in [1.54, 1.807) is 0 Å². The van der Waals surface area contributed by atoms with Crippen LogP contribution in [0.3, 0.4) is 0 Å². The van der Waals surface area contributed by atoms with E-state index < -0.39 is 6.29 Å². The smallest absolute Gasteiger partial charge is 0.286 e. The second-order valence-electron chi connectivity index (χ2n) is 6.52. The largest absolute Gasteiger partial charge is 0.459 e. The Hall–Kier alpha value is -1.56. The summed E-state index contributed by atoms with van der Waals surface area (Å²) >= 11 is 5.97. The van der Waals surface area contributed by atoms with Crippen molar-refractivity contribution in [1.82, 2.24) is 5.32 Å². The Balaban J connectivity index is 1.69. The van der Waals surface area contributed by atoms with Crippen molar-refractivity contribution < 1.29 is 19.4 Å². The number of unbranched alkanes of at least 4 members (excludes halogenated alkanes) is 1. The molecular formula is C19H24ClNO4. The first-order chi connectivity index (χ1) is 12.2. The third kappa shape index (κ3) is 5.46. The molecule has 0 unspecified atom stereocenters. The van der Waals surface area contributed by atoms with Crippen LogP contribution in [0.15, 0.2) is 36.1 Å². The predicted octanol–water partition coefficient (Wildman–Crippen LogP) is 3.12. The van der Waals surface area contributed by atoms with E-state index in [2.05, 4.69) is 5.32 Å². The van der Waals surface area contributed by atoms with Gasteiger partial charge in [-0.3, -0.25) is 4.79 Å². The Bertz CT molecular complexity index is 612. The van der Waals surface area contributed by atoms with E-state index >= 15 is 0 Å². The summed E-state index contributed by atoms with van der Waals surface area (Å²) in [6.07, 6.45) is 5.55. The summed E-state index contributed by atoms with van der Waals surface area (Å²) < 4.78 is 11.6. The molecule has 0 saturated heterocycles. The average molecular weight is 366 g/mol. The van der Waals surface area contributed by atoms with Crippen molar-refractivity contribution in [2.75, 3.05) is 13.2 Å². The van der Waals surface area contributed by atoms with Crippen LogP contribution in [0.2, 0.25) is 5.02 Å². The number of benzene rings is 1. The molecule has 1 heterocycles. The minimum Gasteiger partial charge on any atom is -0.459 e. The quantitative estimate of drug-likeness (QED) is 0.694. The molecule has 1 aromatic carbocycles. The van der Waals surface area contributed by atoms with Crippen molar-refractivity contribution in [2.45, 2.75) is 50.4 Å². The molecule has 0 radical (unpaired) electrons. The number of aliphatic hydroxyl groups excluding tert-OH is 1. The van der Waals surface area contributed by atoms with Gasteiger partial charge in [-0.2, -0.15) is 0 Å². The van der Waals surface area contributed by atoms with Crippen LogP contribution < -0.4 is 5.32 Å². The van der Waals surface area contributed by atoms with Crippen LogP contribution in [-0.2, 0) is 14.3 Å². The Labute approximate surface area is 153 Å². The molecule has 2 aliphatic rings. The van der Waals surface area contributed by atoms with Gasteiger partial charge in [-0.25, -0.2) is 0 Å². The van der Waals surface area contributed by atoms with Gasteiger partial charge in [-0.1, -0.05) is 23.7 Å². The number of allylic oxidation sites excluding steroid dienone is 1. The molecule has 5 nitrogen and oxygen atoms in total. The number of halogens is 1. The number of aliphatic hydroxyl groups is 1. The Morgan fingerprint density at radius 1 is 1.28 bits per heavy atom. The SMILES string of the molecule is O=C(NC1CC1)C1=C[C@H](c2ccc(Cl)cc2)C[C@H](OCCCCO)O1. The number of hydrogen-bond donors (Lipinski definition) is 2. The summed E-state index contributed by atoms with van der Waals surface area (Å²) in [5.74, 6) is 0.184. The lowest BCUT2D eigenvalue weighted by Crippen LogP contribution is -2.34. The number of carbonyl (C=O) groups excluding carboxylic acids is 1. The summed E-state index contributed by atoms with van der Waals surface area (Å²) in [5, 5.41) is 12.5. The van der Waals surface area contributed by atoms with E-state index in [1.807, 2.05) is 30.3 Å². The van der Waals surface area contributed by atoms with E-state index in [4.69, 9.17) is 26.2 Å². The minimum absolute atomic E-state index is 0.0359. The maximum Gasteiger partial charge on any atom is 0.286 e. The highest BCUT2D eigenvalue weighted by Crippen LogP contribution is 2.32. The maximum absolute atomic E-state index is 12.4. The van der Waals surface area contributed by atoms with Crippen molar-refractivity contribution in [1.29, 1.82) is 0 Å². The zero-order valence-electron chi connectivity index (χ0n) is 14.1. The van der Waals surface area contributed by atoms with E-state index in [0.717, 1.165) is 24.8 Å². The van der Waals surface area contributed by atoms with Gasteiger partial charge in [0, 0.05) is 30.0 Å². The van der Waals surface area contributed by atoms with Crippen LogP contribution >= 0.6 is 11.6 Å². The summed E-state index contributed by atoms with van der Waals surface area (Å²) in [6.45, 7) is 0.646. The zero-order valence-corrected chi connectivity index (χ0v) is 14.9. The molecule has 136 valence electrons. The topological polar surface area (TPSA) is 67.8 Å². The molecule has 3 rings (SSSR count). The Morgan fingerprint density at radius 3 is 2.72 bits per heavy atom. The first-order valence-corrected chi connectivity index (χ1v) is 9.21. The molecule has 0 spiro atoms. The molecule has 1 aliphatic carbocycles. The Morgan fingerprint density at radius 2 is 2.04 bits per heavy atom. The fraction of sp³-hybridized carbons (Fsp3) is 0.526. The molecule has 0 bridgehead atoms. The fourth-order valence-corrected chi connectivity index (χ4v) is 2.90. The molecule has 1 fully saturated rings. The van der Waals surface area contributed by atoms with Gasteiger partial charge in [-0.05, 0) is 49.5 Å². The van der Waals surface area contributed by atoms with Crippen LogP contribution in [0, 0.1) is 0 Å². The highest BCUT2D eigenvalue weighted by atomic mass is 35.5. The van der Waals surface area contributed by atoms with Crippen LogP contribution in [0.5, 0.6) is 0 Å². The number of rotatable bonds is 8. The van der Waals surface area contributed by atoms with E-state index in [-0.39, 0.29) is 24.5 Å². The van der Waals surface area contributed by atoms with Gasteiger partial charge < -0.3 is 19.9 Å². The molecule has 2 N–H and O–H groups in total. The van der Waals surface area contributed by atoms with Gasteiger partial charge in [0.25, 0.3) is 5.91 Å². The van der Waals surface area contributed by atoms with Crippen LogP contribution in [0.4, 0.5) is 0 Å². The van der Waals surface area contributed by atoms with Crippen LogP contribution in [-0.4, -0.2) is 36.6 Å². The molecular weight excluding hydrogens is 342 g/mol. The van der Waals surface area contributed by atoms with Gasteiger partial charge >= 0.3 is 0 Å². The minimum atomic E-state index is -0.468. The van der Waals surface area contributed by atoms with Crippen molar-refractivity contribution in [2.24, 2.45) is 0 Å².